The molecule has 1 aliphatic rings. The van der Waals surface area contributed by atoms with Gasteiger partial charge in [0.1, 0.15) is 0 Å². The average Bonchev–Trinajstić information content (AvgIpc) is 3.15. The van der Waals surface area contributed by atoms with Crippen LogP contribution in [-0.2, 0) is 29.0 Å². The number of fused-ring (bicyclic) bond motifs is 1. The summed E-state index contributed by atoms with van der Waals surface area (Å²) >= 11 is 1.56. The predicted octanol–water partition coefficient (Wildman–Crippen LogP) is 2.49. The number of carbonyl (C=O) groups excluding carboxylic acids is 2. The zero-order valence-corrected chi connectivity index (χ0v) is 12.3. The minimum absolute atomic E-state index is 0.375. The molecule has 2 N–H and O–H groups in total. The van der Waals surface area contributed by atoms with Gasteiger partial charge in [0.25, 0.3) is 0 Å². The molecule has 1 aromatic heterocycles. The second-order valence-electron chi connectivity index (χ2n) is 5.11. The first-order valence-corrected chi connectivity index (χ1v) is 7.89. The van der Waals surface area contributed by atoms with Crippen LogP contribution in [0.5, 0.6) is 0 Å². The normalized spacial score (nSPS) is 12.8. The standard InChI is InChI=1S/C16H16N2O2S/c19-15(17-9-11-6-7-21-10-11)16(20)18-14-5-4-12-2-1-3-13(12)8-14/h4-8,10H,1-3,9H2,(H,17,19)(H,18,20). The van der Waals surface area contributed by atoms with Gasteiger partial charge in [-0.3, -0.25) is 9.59 Å². The molecule has 4 nitrogen and oxygen atoms in total. The first-order chi connectivity index (χ1) is 10.2. The number of hydrogen-bond acceptors (Lipinski definition) is 3. The van der Waals surface area contributed by atoms with Crippen molar-refractivity contribution in [1.29, 1.82) is 0 Å². The van der Waals surface area contributed by atoms with E-state index in [1.54, 1.807) is 11.3 Å². The lowest BCUT2D eigenvalue weighted by Gasteiger charge is -2.07. The summed E-state index contributed by atoms with van der Waals surface area (Å²) in [5.41, 5.74) is 4.30. The highest BCUT2D eigenvalue weighted by Gasteiger charge is 2.15. The van der Waals surface area contributed by atoms with Crippen molar-refractivity contribution in [2.24, 2.45) is 0 Å². The van der Waals surface area contributed by atoms with Crippen molar-refractivity contribution in [3.8, 4) is 0 Å². The lowest BCUT2D eigenvalue weighted by atomic mass is 10.1. The fraction of sp³-hybridized carbons (Fsp3) is 0.250. The van der Waals surface area contributed by atoms with Gasteiger partial charge in [-0.2, -0.15) is 11.3 Å². The Bertz CT molecular complexity index is 665. The number of aryl methyl sites for hydroxylation is 2. The third-order valence-corrected chi connectivity index (χ3v) is 4.33. The van der Waals surface area contributed by atoms with Gasteiger partial charge in [-0.1, -0.05) is 6.07 Å². The molecule has 108 valence electrons. The van der Waals surface area contributed by atoms with Crippen LogP contribution in [0.25, 0.3) is 0 Å². The Labute approximate surface area is 127 Å². The summed E-state index contributed by atoms with van der Waals surface area (Å²) in [6.07, 6.45) is 3.31. The smallest absolute Gasteiger partial charge is 0.313 e. The summed E-state index contributed by atoms with van der Waals surface area (Å²) in [6.45, 7) is 0.375. The molecule has 0 saturated heterocycles. The Balaban J connectivity index is 1.56. The molecule has 0 atom stereocenters. The van der Waals surface area contributed by atoms with Gasteiger partial charge in [0.05, 0.1) is 0 Å². The van der Waals surface area contributed by atoms with E-state index in [1.807, 2.05) is 35.0 Å². The van der Waals surface area contributed by atoms with Crippen molar-refractivity contribution in [2.75, 3.05) is 5.32 Å². The Morgan fingerprint density at radius 2 is 1.95 bits per heavy atom. The molecule has 1 aliphatic carbocycles. The molecule has 0 fully saturated rings. The quantitative estimate of drug-likeness (QED) is 0.856. The fourth-order valence-corrected chi connectivity index (χ4v) is 3.16. The van der Waals surface area contributed by atoms with E-state index in [0.29, 0.717) is 12.2 Å². The summed E-state index contributed by atoms with van der Waals surface area (Å²) in [5.74, 6) is -1.23. The van der Waals surface area contributed by atoms with Crippen LogP contribution in [0.1, 0.15) is 23.1 Å². The van der Waals surface area contributed by atoms with Crippen molar-refractivity contribution < 1.29 is 9.59 Å². The molecular weight excluding hydrogens is 284 g/mol. The lowest BCUT2D eigenvalue weighted by molar-refractivity contribution is -0.136. The van der Waals surface area contributed by atoms with E-state index < -0.39 is 11.8 Å². The average molecular weight is 300 g/mol. The SMILES string of the molecule is O=C(NCc1ccsc1)C(=O)Nc1ccc2c(c1)CCC2. The van der Waals surface area contributed by atoms with Crippen LogP contribution in [0.3, 0.4) is 0 Å². The van der Waals surface area contributed by atoms with Crippen molar-refractivity contribution in [3.05, 3.63) is 51.7 Å². The predicted molar refractivity (Wildman–Crippen MR) is 83.3 cm³/mol. The summed E-state index contributed by atoms with van der Waals surface area (Å²) in [7, 11) is 0. The van der Waals surface area contributed by atoms with Crippen molar-refractivity contribution in [2.45, 2.75) is 25.8 Å². The zero-order valence-electron chi connectivity index (χ0n) is 11.5. The van der Waals surface area contributed by atoms with Gasteiger partial charge in [-0.15, -0.1) is 0 Å². The van der Waals surface area contributed by atoms with Crippen LogP contribution >= 0.6 is 11.3 Å². The molecule has 3 rings (SSSR count). The molecule has 0 unspecified atom stereocenters. The molecule has 2 amide bonds. The maximum absolute atomic E-state index is 11.9. The van der Waals surface area contributed by atoms with Crippen molar-refractivity contribution >= 4 is 28.8 Å². The molecule has 2 aromatic rings. The van der Waals surface area contributed by atoms with Crippen molar-refractivity contribution in [1.82, 2.24) is 5.32 Å². The van der Waals surface area contributed by atoms with Crippen LogP contribution in [0.15, 0.2) is 35.0 Å². The Hall–Kier alpha value is -2.14. The number of benzene rings is 1. The number of hydrogen-bond donors (Lipinski definition) is 2. The van der Waals surface area contributed by atoms with Gasteiger partial charge in [-0.05, 0) is 64.9 Å². The molecule has 0 saturated carbocycles. The van der Waals surface area contributed by atoms with Crippen molar-refractivity contribution in [3.63, 3.8) is 0 Å². The minimum atomic E-state index is -0.622. The van der Waals surface area contributed by atoms with E-state index >= 15 is 0 Å². The van der Waals surface area contributed by atoms with Crippen LogP contribution in [-0.4, -0.2) is 11.8 Å². The number of anilines is 1. The van der Waals surface area contributed by atoms with Crippen LogP contribution < -0.4 is 10.6 Å². The van der Waals surface area contributed by atoms with Gasteiger partial charge in [0.2, 0.25) is 0 Å². The molecule has 0 aliphatic heterocycles. The lowest BCUT2D eigenvalue weighted by Crippen LogP contribution is -2.34. The van der Waals surface area contributed by atoms with E-state index in [4.69, 9.17) is 0 Å². The van der Waals surface area contributed by atoms with E-state index in [2.05, 4.69) is 10.6 Å². The maximum atomic E-state index is 11.9. The van der Waals surface area contributed by atoms with E-state index in [1.165, 1.54) is 11.1 Å². The molecule has 21 heavy (non-hydrogen) atoms. The van der Waals surface area contributed by atoms with Gasteiger partial charge in [-0.25, -0.2) is 0 Å². The Kier molecular flexibility index (Phi) is 4.01. The van der Waals surface area contributed by atoms with E-state index in [9.17, 15) is 9.59 Å². The monoisotopic (exact) mass is 300 g/mol. The third-order valence-electron chi connectivity index (χ3n) is 3.60. The first kappa shape index (κ1) is 13.8. The van der Waals surface area contributed by atoms with E-state index in [0.717, 1.165) is 24.8 Å². The van der Waals surface area contributed by atoms with Crippen LogP contribution in [0.4, 0.5) is 5.69 Å². The molecular formula is C16H16N2O2S. The largest absolute Gasteiger partial charge is 0.344 e. The number of rotatable bonds is 3. The topological polar surface area (TPSA) is 58.2 Å². The number of thiophene rings is 1. The summed E-state index contributed by atoms with van der Waals surface area (Å²) in [6, 6.07) is 7.77. The Morgan fingerprint density at radius 3 is 2.76 bits per heavy atom. The molecule has 0 spiro atoms. The maximum Gasteiger partial charge on any atom is 0.313 e. The van der Waals surface area contributed by atoms with Gasteiger partial charge < -0.3 is 10.6 Å². The fourth-order valence-electron chi connectivity index (χ4n) is 2.49. The summed E-state index contributed by atoms with van der Waals surface area (Å²) < 4.78 is 0. The van der Waals surface area contributed by atoms with Crippen LogP contribution in [0, 0.1) is 0 Å². The number of nitrogens with one attached hydrogen (secondary N) is 2. The molecule has 1 heterocycles. The Morgan fingerprint density at radius 1 is 1.10 bits per heavy atom. The molecule has 1 aromatic carbocycles. The van der Waals surface area contributed by atoms with E-state index in [-0.39, 0.29) is 0 Å². The molecule has 5 heteroatoms. The number of carbonyl (C=O) groups is 2. The third kappa shape index (κ3) is 3.31. The minimum Gasteiger partial charge on any atom is -0.344 e. The zero-order chi connectivity index (χ0) is 14.7. The molecule has 0 radical (unpaired) electrons. The summed E-state index contributed by atoms with van der Waals surface area (Å²) in [5, 5.41) is 9.15. The van der Waals surface area contributed by atoms with Gasteiger partial charge in [0, 0.05) is 12.2 Å². The molecule has 0 bridgehead atoms. The second kappa shape index (κ2) is 6.10. The number of amides is 2. The highest BCUT2D eigenvalue weighted by Crippen LogP contribution is 2.24. The highest BCUT2D eigenvalue weighted by molar-refractivity contribution is 7.07. The van der Waals surface area contributed by atoms with Gasteiger partial charge >= 0.3 is 11.8 Å². The highest BCUT2D eigenvalue weighted by atomic mass is 32.1. The first-order valence-electron chi connectivity index (χ1n) is 6.94. The van der Waals surface area contributed by atoms with Gasteiger partial charge in [0.15, 0.2) is 0 Å². The van der Waals surface area contributed by atoms with Crippen LogP contribution in [0.2, 0.25) is 0 Å². The second-order valence-corrected chi connectivity index (χ2v) is 5.89. The summed E-state index contributed by atoms with van der Waals surface area (Å²) in [4.78, 5) is 23.6.